The van der Waals surface area contributed by atoms with Crippen molar-refractivity contribution in [3.8, 4) is 11.1 Å². The lowest BCUT2D eigenvalue weighted by molar-refractivity contribution is -0.114. The van der Waals surface area contributed by atoms with Gasteiger partial charge in [-0.1, -0.05) is 18.2 Å². The zero-order chi connectivity index (χ0) is 14.7. The average Bonchev–Trinajstić information content (AvgIpc) is 2.38. The quantitative estimate of drug-likeness (QED) is 0.902. The second-order valence-electron chi connectivity index (χ2n) is 4.26. The minimum atomic E-state index is -1.18. The van der Waals surface area contributed by atoms with E-state index in [1.807, 2.05) is 0 Å². The molecule has 0 aliphatic heterocycles. The van der Waals surface area contributed by atoms with E-state index in [1.165, 1.54) is 19.1 Å². The van der Waals surface area contributed by atoms with Gasteiger partial charge in [-0.05, 0) is 29.8 Å². The number of carboxylic acids is 1. The van der Waals surface area contributed by atoms with Crippen molar-refractivity contribution >= 4 is 17.6 Å². The Labute approximate surface area is 114 Å². The van der Waals surface area contributed by atoms with Crippen molar-refractivity contribution in [3.05, 3.63) is 53.8 Å². The highest BCUT2D eigenvalue weighted by molar-refractivity contribution is 5.90. The first-order valence-electron chi connectivity index (χ1n) is 5.88. The Kier molecular flexibility index (Phi) is 3.79. The molecule has 2 aromatic carbocycles. The fraction of sp³-hybridized carbons (Fsp3) is 0.0667. The molecular formula is C15H12FNO3. The molecule has 102 valence electrons. The third kappa shape index (κ3) is 3.00. The van der Waals surface area contributed by atoms with E-state index < -0.39 is 11.8 Å². The summed E-state index contributed by atoms with van der Waals surface area (Å²) in [6.07, 6.45) is 0. The fourth-order valence-electron chi connectivity index (χ4n) is 1.85. The molecule has 0 atom stereocenters. The zero-order valence-corrected chi connectivity index (χ0v) is 10.7. The monoisotopic (exact) mass is 273 g/mol. The summed E-state index contributed by atoms with van der Waals surface area (Å²) < 4.78 is 13.9. The first-order valence-corrected chi connectivity index (χ1v) is 5.88. The summed E-state index contributed by atoms with van der Waals surface area (Å²) in [6.45, 7) is 1.38. The maximum Gasteiger partial charge on any atom is 0.335 e. The molecule has 0 aromatic heterocycles. The number of benzene rings is 2. The molecule has 0 fully saturated rings. The third-order valence-corrected chi connectivity index (χ3v) is 2.71. The predicted octanol–water partition coefficient (Wildman–Crippen LogP) is 3.15. The van der Waals surface area contributed by atoms with Gasteiger partial charge in [-0.3, -0.25) is 4.79 Å². The molecule has 0 heterocycles. The molecule has 0 saturated carbocycles. The summed E-state index contributed by atoms with van der Waals surface area (Å²) in [6, 6.07) is 10.4. The number of hydrogen-bond donors (Lipinski definition) is 2. The second-order valence-corrected chi connectivity index (χ2v) is 4.26. The van der Waals surface area contributed by atoms with Gasteiger partial charge in [0.05, 0.1) is 5.56 Å². The molecule has 0 spiro atoms. The molecule has 20 heavy (non-hydrogen) atoms. The summed E-state index contributed by atoms with van der Waals surface area (Å²) in [4.78, 5) is 21.8. The predicted molar refractivity (Wildman–Crippen MR) is 73.1 cm³/mol. The lowest BCUT2D eigenvalue weighted by atomic mass is 10.0. The largest absolute Gasteiger partial charge is 0.478 e. The Bertz CT molecular complexity index is 683. The molecule has 0 aliphatic rings. The normalized spacial score (nSPS) is 10.1. The van der Waals surface area contributed by atoms with Crippen molar-refractivity contribution in [3.63, 3.8) is 0 Å². The Morgan fingerprint density at radius 1 is 1.15 bits per heavy atom. The van der Waals surface area contributed by atoms with Crippen LogP contribution in [0.1, 0.15) is 17.3 Å². The molecule has 0 radical (unpaired) electrons. The van der Waals surface area contributed by atoms with Crippen molar-refractivity contribution in [2.75, 3.05) is 5.32 Å². The highest BCUT2D eigenvalue weighted by atomic mass is 19.1. The van der Waals surface area contributed by atoms with E-state index in [-0.39, 0.29) is 17.0 Å². The van der Waals surface area contributed by atoms with E-state index in [2.05, 4.69) is 5.32 Å². The van der Waals surface area contributed by atoms with Crippen LogP contribution >= 0.6 is 0 Å². The molecular weight excluding hydrogens is 261 g/mol. The van der Waals surface area contributed by atoms with Gasteiger partial charge in [-0.25, -0.2) is 9.18 Å². The summed E-state index contributed by atoms with van der Waals surface area (Å²) in [5.74, 6) is -2.02. The van der Waals surface area contributed by atoms with Crippen LogP contribution < -0.4 is 5.32 Å². The van der Waals surface area contributed by atoms with Gasteiger partial charge >= 0.3 is 5.97 Å². The standard InChI is InChI=1S/C15H12FNO3/c1-9(18)17-12-4-2-3-10(7-12)13-6-5-11(15(19)20)8-14(13)16/h2-8H,1H3,(H,17,18)(H,19,20). The van der Waals surface area contributed by atoms with Gasteiger partial charge in [-0.2, -0.15) is 0 Å². The number of carbonyl (C=O) groups is 2. The molecule has 4 nitrogen and oxygen atoms in total. The smallest absolute Gasteiger partial charge is 0.335 e. The number of aromatic carboxylic acids is 1. The van der Waals surface area contributed by atoms with Gasteiger partial charge in [0, 0.05) is 18.2 Å². The highest BCUT2D eigenvalue weighted by Gasteiger charge is 2.10. The SMILES string of the molecule is CC(=O)Nc1cccc(-c2ccc(C(=O)O)cc2F)c1. The van der Waals surface area contributed by atoms with Crippen LogP contribution in [0.5, 0.6) is 0 Å². The molecule has 2 N–H and O–H groups in total. The number of hydrogen-bond acceptors (Lipinski definition) is 2. The van der Waals surface area contributed by atoms with Crippen LogP contribution in [-0.2, 0) is 4.79 Å². The van der Waals surface area contributed by atoms with Crippen molar-refractivity contribution in [1.29, 1.82) is 0 Å². The van der Waals surface area contributed by atoms with Crippen molar-refractivity contribution in [1.82, 2.24) is 0 Å². The number of nitrogens with one attached hydrogen (secondary N) is 1. The maximum atomic E-state index is 13.9. The summed E-state index contributed by atoms with van der Waals surface area (Å²) in [5, 5.41) is 11.4. The van der Waals surface area contributed by atoms with Gasteiger partial charge < -0.3 is 10.4 Å². The van der Waals surface area contributed by atoms with E-state index in [9.17, 15) is 14.0 Å². The first-order chi connectivity index (χ1) is 9.47. The van der Waals surface area contributed by atoms with Crippen LogP contribution in [-0.4, -0.2) is 17.0 Å². The van der Waals surface area contributed by atoms with E-state index in [0.717, 1.165) is 6.07 Å². The van der Waals surface area contributed by atoms with Gasteiger partial charge in [0.1, 0.15) is 5.82 Å². The van der Waals surface area contributed by atoms with E-state index >= 15 is 0 Å². The van der Waals surface area contributed by atoms with Crippen molar-refractivity contribution in [2.45, 2.75) is 6.92 Å². The van der Waals surface area contributed by atoms with Crippen molar-refractivity contribution < 1.29 is 19.1 Å². The Balaban J connectivity index is 2.41. The zero-order valence-electron chi connectivity index (χ0n) is 10.7. The van der Waals surface area contributed by atoms with E-state index in [1.54, 1.807) is 24.3 Å². The minimum absolute atomic E-state index is 0.107. The lowest BCUT2D eigenvalue weighted by Gasteiger charge is -2.07. The van der Waals surface area contributed by atoms with Gasteiger partial charge in [0.2, 0.25) is 5.91 Å². The van der Waals surface area contributed by atoms with Crippen LogP contribution in [0.4, 0.5) is 10.1 Å². The lowest BCUT2D eigenvalue weighted by Crippen LogP contribution is -2.05. The summed E-state index contributed by atoms with van der Waals surface area (Å²) in [5.41, 5.74) is 1.29. The Morgan fingerprint density at radius 3 is 2.50 bits per heavy atom. The molecule has 2 rings (SSSR count). The maximum absolute atomic E-state index is 13.9. The van der Waals surface area contributed by atoms with E-state index in [4.69, 9.17) is 5.11 Å². The Morgan fingerprint density at radius 2 is 1.90 bits per heavy atom. The van der Waals surface area contributed by atoms with Crippen LogP contribution in [0.25, 0.3) is 11.1 Å². The summed E-state index contributed by atoms with van der Waals surface area (Å²) >= 11 is 0. The molecule has 0 saturated heterocycles. The average molecular weight is 273 g/mol. The fourth-order valence-corrected chi connectivity index (χ4v) is 1.85. The van der Waals surface area contributed by atoms with Crippen LogP contribution in [0.2, 0.25) is 0 Å². The summed E-state index contributed by atoms with van der Waals surface area (Å²) in [7, 11) is 0. The topological polar surface area (TPSA) is 66.4 Å². The van der Waals surface area contributed by atoms with Gasteiger partial charge in [0.15, 0.2) is 0 Å². The third-order valence-electron chi connectivity index (χ3n) is 2.71. The van der Waals surface area contributed by atoms with Gasteiger partial charge in [0.25, 0.3) is 0 Å². The molecule has 0 aliphatic carbocycles. The number of anilines is 1. The highest BCUT2D eigenvalue weighted by Crippen LogP contribution is 2.26. The van der Waals surface area contributed by atoms with Crippen molar-refractivity contribution in [2.24, 2.45) is 0 Å². The molecule has 0 unspecified atom stereocenters. The Hall–Kier alpha value is -2.69. The second kappa shape index (κ2) is 5.52. The van der Waals surface area contributed by atoms with Crippen LogP contribution in [0.3, 0.4) is 0 Å². The number of rotatable bonds is 3. The number of halogens is 1. The molecule has 0 bridgehead atoms. The van der Waals surface area contributed by atoms with Crippen LogP contribution in [0.15, 0.2) is 42.5 Å². The number of amides is 1. The molecule has 2 aromatic rings. The van der Waals surface area contributed by atoms with Crippen LogP contribution in [0, 0.1) is 5.82 Å². The first kappa shape index (κ1) is 13.7. The molecule has 1 amide bonds. The number of carbonyl (C=O) groups excluding carboxylic acids is 1. The van der Waals surface area contributed by atoms with Gasteiger partial charge in [-0.15, -0.1) is 0 Å². The number of carboxylic acid groups (broad SMARTS) is 1. The minimum Gasteiger partial charge on any atom is -0.478 e. The van der Waals surface area contributed by atoms with E-state index in [0.29, 0.717) is 11.3 Å². The molecule has 5 heteroatoms.